The number of hydrogen-bond acceptors (Lipinski definition) is 4. The molecule has 0 atom stereocenters. The van der Waals surface area contributed by atoms with Crippen LogP contribution in [0.2, 0.25) is 0 Å². The van der Waals surface area contributed by atoms with Crippen LogP contribution in [0.4, 0.5) is 5.69 Å². The molecule has 0 aliphatic carbocycles. The van der Waals surface area contributed by atoms with Crippen molar-refractivity contribution in [2.24, 2.45) is 0 Å². The number of nitro benzene ring substituents is 1. The molecule has 0 bridgehead atoms. The summed E-state index contributed by atoms with van der Waals surface area (Å²) in [6, 6.07) is 5.24. The van der Waals surface area contributed by atoms with Gasteiger partial charge in [-0.1, -0.05) is 22.8 Å². The van der Waals surface area contributed by atoms with Gasteiger partial charge >= 0.3 is 0 Å². The number of hydrogen-bond donors (Lipinski definition) is 0. The van der Waals surface area contributed by atoms with E-state index >= 15 is 0 Å². The number of nitrogens with zero attached hydrogens (tertiary/aromatic N) is 1. The van der Waals surface area contributed by atoms with E-state index in [1.807, 2.05) is 0 Å². The Kier molecular flexibility index (Phi) is 2.82. The first-order valence-corrected chi connectivity index (χ1v) is 5.14. The molecular formula is C7H6NO5S. The lowest BCUT2D eigenvalue weighted by molar-refractivity contribution is -0.385. The van der Waals surface area contributed by atoms with Crippen LogP contribution >= 0.6 is 0 Å². The van der Waals surface area contributed by atoms with Gasteiger partial charge in [0.05, 0.1) is 4.92 Å². The van der Waals surface area contributed by atoms with Crippen molar-refractivity contribution in [1.29, 1.82) is 0 Å². The topological polar surface area (TPSA) is 97.2 Å². The van der Waals surface area contributed by atoms with Crippen LogP contribution in [0.1, 0.15) is 5.56 Å². The van der Waals surface area contributed by atoms with Crippen molar-refractivity contribution in [3.8, 4) is 0 Å². The van der Waals surface area contributed by atoms with E-state index in [4.69, 9.17) is 0 Å². The molecule has 7 heteroatoms. The SMILES string of the molecule is [O]S(=O)(=O)Cc1ccccc1[N+](=O)[O-]. The number of nitro groups is 1. The van der Waals surface area contributed by atoms with Crippen LogP contribution in [-0.4, -0.2) is 13.3 Å². The predicted molar refractivity (Wildman–Crippen MR) is 46.4 cm³/mol. The second kappa shape index (κ2) is 3.72. The van der Waals surface area contributed by atoms with Crippen LogP contribution < -0.4 is 0 Å². The fraction of sp³-hybridized carbons (Fsp3) is 0.143. The van der Waals surface area contributed by atoms with E-state index in [0.29, 0.717) is 0 Å². The van der Waals surface area contributed by atoms with Gasteiger partial charge in [-0.25, -0.2) is 0 Å². The molecule has 0 aliphatic heterocycles. The maximum Gasteiger partial charge on any atom is 0.299 e. The molecule has 1 radical (unpaired) electrons. The Balaban J connectivity index is 3.15. The van der Waals surface area contributed by atoms with Crippen molar-refractivity contribution < 1.29 is 17.9 Å². The summed E-state index contributed by atoms with van der Waals surface area (Å²) in [4.78, 5) is 9.69. The first kappa shape index (κ1) is 10.6. The molecule has 0 fully saturated rings. The van der Waals surface area contributed by atoms with Gasteiger partial charge in [0.1, 0.15) is 5.75 Å². The molecule has 0 amide bonds. The van der Waals surface area contributed by atoms with E-state index < -0.39 is 20.8 Å². The number of rotatable bonds is 3. The van der Waals surface area contributed by atoms with E-state index in [-0.39, 0.29) is 11.3 Å². The zero-order chi connectivity index (χ0) is 10.8. The maximum absolute atomic E-state index is 10.4. The first-order valence-electron chi connectivity index (χ1n) is 3.56. The third-order valence-electron chi connectivity index (χ3n) is 1.52. The molecule has 14 heavy (non-hydrogen) atoms. The van der Waals surface area contributed by atoms with Crippen molar-refractivity contribution in [1.82, 2.24) is 0 Å². The number of benzene rings is 1. The summed E-state index contributed by atoms with van der Waals surface area (Å²) in [5.74, 6) is -0.857. The third kappa shape index (κ3) is 2.79. The van der Waals surface area contributed by atoms with Crippen molar-refractivity contribution in [2.45, 2.75) is 5.75 Å². The van der Waals surface area contributed by atoms with E-state index in [1.54, 1.807) is 0 Å². The van der Waals surface area contributed by atoms with Gasteiger partial charge in [0.15, 0.2) is 0 Å². The van der Waals surface area contributed by atoms with Crippen molar-refractivity contribution in [2.75, 3.05) is 0 Å². The van der Waals surface area contributed by atoms with E-state index in [0.717, 1.165) is 6.07 Å². The second-order valence-electron chi connectivity index (χ2n) is 2.59. The molecule has 6 nitrogen and oxygen atoms in total. The third-order valence-corrected chi connectivity index (χ3v) is 2.19. The highest BCUT2D eigenvalue weighted by molar-refractivity contribution is 7.84. The highest BCUT2D eigenvalue weighted by Gasteiger charge is 2.18. The molecule has 75 valence electrons. The summed E-state index contributed by atoms with van der Waals surface area (Å²) in [5.41, 5.74) is -0.445. The lowest BCUT2D eigenvalue weighted by atomic mass is 10.2. The Morgan fingerprint density at radius 2 is 1.86 bits per heavy atom. The van der Waals surface area contributed by atoms with Gasteiger partial charge in [-0.3, -0.25) is 10.1 Å². The van der Waals surface area contributed by atoms with E-state index in [1.165, 1.54) is 18.2 Å². The second-order valence-corrected chi connectivity index (χ2v) is 3.99. The molecule has 1 aromatic carbocycles. The van der Waals surface area contributed by atoms with Crippen LogP contribution in [-0.2, 0) is 20.4 Å². The smallest absolute Gasteiger partial charge is 0.258 e. The highest BCUT2D eigenvalue weighted by atomic mass is 32.2. The molecule has 0 heterocycles. The monoisotopic (exact) mass is 216 g/mol. The molecular weight excluding hydrogens is 210 g/mol. The molecule has 0 unspecified atom stereocenters. The fourth-order valence-corrected chi connectivity index (χ4v) is 1.63. The summed E-state index contributed by atoms with van der Waals surface area (Å²) in [5, 5.41) is 10.4. The van der Waals surface area contributed by atoms with Gasteiger partial charge in [-0.05, 0) is 0 Å². The summed E-state index contributed by atoms with van der Waals surface area (Å²) in [6.07, 6.45) is 0. The minimum absolute atomic E-state index is 0.0903. The predicted octanol–water partition coefficient (Wildman–Crippen LogP) is 0.855. The standard InChI is InChI=1S/C7H6NO5S/c9-8(10)7-4-2-1-3-6(7)5-14(11,12)13/h1-4H,5H2. The molecule has 0 aromatic heterocycles. The minimum Gasteiger partial charge on any atom is -0.258 e. The molecule has 0 spiro atoms. The van der Waals surface area contributed by atoms with Crippen LogP contribution in [0.3, 0.4) is 0 Å². The highest BCUT2D eigenvalue weighted by Crippen LogP contribution is 2.19. The maximum atomic E-state index is 10.4. The van der Waals surface area contributed by atoms with E-state index in [2.05, 4.69) is 0 Å². The molecule has 0 saturated carbocycles. The zero-order valence-corrected chi connectivity index (χ0v) is 7.73. The van der Waals surface area contributed by atoms with Gasteiger partial charge in [0.2, 0.25) is 0 Å². The lowest BCUT2D eigenvalue weighted by Crippen LogP contribution is -2.03. The average Bonchev–Trinajstić information content (AvgIpc) is 2.01. The molecule has 0 saturated heterocycles. The average molecular weight is 216 g/mol. The van der Waals surface area contributed by atoms with Crippen LogP contribution in [0, 0.1) is 10.1 Å². The Bertz CT molecular complexity index is 453. The van der Waals surface area contributed by atoms with Crippen LogP contribution in [0.5, 0.6) is 0 Å². The normalized spacial score (nSPS) is 11.2. The summed E-state index contributed by atoms with van der Waals surface area (Å²) in [6.45, 7) is 0. The Labute approximate surface area is 80.1 Å². The van der Waals surface area contributed by atoms with Crippen molar-refractivity contribution >= 4 is 15.8 Å². The zero-order valence-electron chi connectivity index (χ0n) is 6.91. The Morgan fingerprint density at radius 1 is 1.29 bits per heavy atom. The fourth-order valence-electron chi connectivity index (χ4n) is 1.00. The largest absolute Gasteiger partial charge is 0.299 e. The molecule has 1 aromatic rings. The summed E-state index contributed by atoms with van der Waals surface area (Å²) in [7, 11) is -4.49. The van der Waals surface area contributed by atoms with Crippen molar-refractivity contribution in [3.05, 3.63) is 39.9 Å². The quantitative estimate of drug-likeness (QED) is 0.552. The van der Waals surface area contributed by atoms with Gasteiger partial charge < -0.3 is 0 Å². The van der Waals surface area contributed by atoms with Crippen molar-refractivity contribution in [3.63, 3.8) is 0 Å². The van der Waals surface area contributed by atoms with Gasteiger partial charge in [-0.2, -0.15) is 8.42 Å². The summed E-state index contributed by atoms with van der Waals surface area (Å²) >= 11 is 0. The van der Waals surface area contributed by atoms with Crippen LogP contribution in [0.15, 0.2) is 24.3 Å². The minimum atomic E-state index is -4.49. The Morgan fingerprint density at radius 3 is 2.36 bits per heavy atom. The van der Waals surface area contributed by atoms with E-state index in [9.17, 15) is 23.1 Å². The first-order chi connectivity index (χ1) is 6.40. The van der Waals surface area contributed by atoms with Gasteiger partial charge in [0, 0.05) is 11.6 Å². The molecule has 1 rings (SSSR count). The van der Waals surface area contributed by atoms with Gasteiger partial charge in [-0.15, -0.1) is 0 Å². The van der Waals surface area contributed by atoms with Crippen LogP contribution in [0.25, 0.3) is 0 Å². The molecule has 0 N–H and O–H groups in total. The van der Waals surface area contributed by atoms with Gasteiger partial charge in [0.25, 0.3) is 15.8 Å². The molecule has 0 aliphatic rings. The Hall–Kier alpha value is -1.47. The summed E-state index contributed by atoms with van der Waals surface area (Å²) < 4.78 is 31.2. The lowest BCUT2D eigenvalue weighted by Gasteiger charge is -1.98. The number of para-hydroxylation sites is 1.